The number of nitrogens with two attached hydrogens (primary N) is 1. The van der Waals surface area contributed by atoms with Gasteiger partial charge in [0, 0.05) is 24.5 Å². The summed E-state index contributed by atoms with van der Waals surface area (Å²) in [6.45, 7) is 1.05. The van der Waals surface area contributed by atoms with Gasteiger partial charge in [0.1, 0.15) is 12.4 Å². The zero-order chi connectivity index (χ0) is 15.2. The van der Waals surface area contributed by atoms with E-state index in [1.54, 1.807) is 6.20 Å². The van der Waals surface area contributed by atoms with E-state index < -0.39 is 0 Å². The van der Waals surface area contributed by atoms with E-state index in [4.69, 9.17) is 10.5 Å². The number of benzene rings is 2. The molecule has 3 aromatic rings. The smallest absolute Gasteiger partial charge is 0.120 e. The molecule has 1 aromatic heterocycles. The monoisotopic (exact) mass is 290 g/mol. The predicted molar refractivity (Wildman–Crippen MR) is 88.3 cm³/mol. The van der Waals surface area contributed by atoms with E-state index in [-0.39, 0.29) is 0 Å². The fourth-order valence-corrected chi connectivity index (χ4v) is 2.36. The Morgan fingerprint density at radius 3 is 2.64 bits per heavy atom. The minimum absolute atomic E-state index is 0.493. The van der Waals surface area contributed by atoms with Gasteiger partial charge in [0.05, 0.1) is 0 Å². The number of hydrogen-bond donors (Lipinski definition) is 1. The van der Waals surface area contributed by atoms with Gasteiger partial charge >= 0.3 is 0 Å². The van der Waals surface area contributed by atoms with Crippen LogP contribution in [0.25, 0.3) is 11.1 Å². The van der Waals surface area contributed by atoms with E-state index in [2.05, 4.69) is 17.1 Å². The van der Waals surface area contributed by atoms with Crippen LogP contribution in [0.5, 0.6) is 5.75 Å². The largest absolute Gasteiger partial charge is 0.489 e. The van der Waals surface area contributed by atoms with Crippen LogP contribution in [0.3, 0.4) is 0 Å². The molecule has 0 fully saturated rings. The van der Waals surface area contributed by atoms with Crippen LogP contribution < -0.4 is 10.5 Å². The molecular weight excluding hydrogens is 272 g/mol. The SMILES string of the molecule is NCc1ccncc1-c1cccc(OCc2ccccc2)c1. The maximum absolute atomic E-state index is 5.88. The van der Waals surface area contributed by atoms with Crippen LogP contribution in [0.4, 0.5) is 0 Å². The van der Waals surface area contributed by atoms with Crippen LogP contribution in [-0.2, 0) is 13.2 Å². The highest BCUT2D eigenvalue weighted by Gasteiger charge is 2.05. The molecule has 3 nitrogen and oxygen atoms in total. The summed E-state index contributed by atoms with van der Waals surface area (Å²) < 4.78 is 5.88. The normalized spacial score (nSPS) is 10.4. The van der Waals surface area contributed by atoms with E-state index in [1.165, 1.54) is 0 Å². The average Bonchev–Trinajstić information content (AvgIpc) is 2.61. The second-order valence-electron chi connectivity index (χ2n) is 5.04. The maximum atomic E-state index is 5.88. The number of pyridine rings is 1. The third kappa shape index (κ3) is 3.32. The molecule has 0 atom stereocenters. The molecule has 2 N–H and O–H groups in total. The molecule has 3 rings (SSSR count). The summed E-state index contributed by atoms with van der Waals surface area (Å²) in [5, 5.41) is 0. The first-order valence-electron chi connectivity index (χ1n) is 7.27. The minimum Gasteiger partial charge on any atom is -0.489 e. The van der Waals surface area contributed by atoms with Crippen LogP contribution in [0.15, 0.2) is 73.1 Å². The molecule has 22 heavy (non-hydrogen) atoms. The molecule has 0 bridgehead atoms. The zero-order valence-electron chi connectivity index (χ0n) is 12.3. The molecule has 0 spiro atoms. The Labute approximate surface area is 130 Å². The number of aromatic nitrogens is 1. The zero-order valence-corrected chi connectivity index (χ0v) is 12.3. The highest BCUT2D eigenvalue weighted by Crippen LogP contribution is 2.26. The molecule has 0 saturated heterocycles. The van der Waals surface area contributed by atoms with Crippen molar-refractivity contribution in [1.82, 2.24) is 4.98 Å². The molecule has 0 aliphatic heterocycles. The lowest BCUT2D eigenvalue weighted by atomic mass is 10.0. The van der Waals surface area contributed by atoms with Gasteiger partial charge in [-0.15, -0.1) is 0 Å². The van der Waals surface area contributed by atoms with Gasteiger partial charge in [-0.3, -0.25) is 4.98 Å². The Balaban J connectivity index is 1.81. The van der Waals surface area contributed by atoms with Gasteiger partial charge in [-0.05, 0) is 34.9 Å². The molecule has 0 aliphatic rings. The van der Waals surface area contributed by atoms with Gasteiger partial charge in [-0.25, -0.2) is 0 Å². The summed E-state index contributed by atoms with van der Waals surface area (Å²) in [4.78, 5) is 4.20. The van der Waals surface area contributed by atoms with E-state index >= 15 is 0 Å². The first-order valence-corrected chi connectivity index (χ1v) is 7.27. The number of nitrogens with zero attached hydrogens (tertiary/aromatic N) is 1. The van der Waals surface area contributed by atoms with Gasteiger partial charge < -0.3 is 10.5 Å². The van der Waals surface area contributed by atoms with Gasteiger partial charge in [0.25, 0.3) is 0 Å². The van der Waals surface area contributed by atoms with Crippen molar-refractivity contribution in [2.45, 2.75) is 13.2 Å². The van der Waals surface area contributed by atoms with Crippen molar-refractivity contribution in [2.24, 2.45) is 5.73 Å². The second kappa shape index (κ2) is 6.87. The quantitative estimate of drug-likeness (QED) is 0.777. The molecule has 2 aromatic carbocycles. The minimum atomic E-state index is 0.493. The average molecular weight is 290 g/mol. The van der Waals surface area contributed by atoms with Crippen LogP contribution in [0.2, 0.25) is 0 Å². The Morgan fingerprint density at radius 1 is 0.955 bits per heavy atom. The van der Waals surface area contributed by atoms with Crippen molar-refractivity contribution in [3.05, 3.63) is 84.2 Å². The molecule has 1 heterocycles. The highest BCUT2D eigenvalue weighted by atomic mass is 16.5. The first-order chi connectivity index (χ1) is 10.9. The van der Waals surface area contributed by atoms with Crippen molar-refractivity contribution in [3.8, 4) is 16.9 Å². The Morgan fingerprint density at radius 2 is 1.82 bits per heavy atom. The summed E-state index contributed by atoms with van der Waals surface area (Å²) in [6.07, 6.45) is 3.61. The fourth-order valence-electron chi connectivity index (χ4n) is 2.36. The topological polar surface area (TPSA) is 48.1 Å². The lowest BCUT2D eigenvalue weighted by Crippen LogP contribution is -2.00. The van der Waals surface area contributed by atoms with Crippen molar-refractivity contribution in [3.63, 3.8) is 0 Å². The number of rotatable bonds is 5. The van der Waals surface area contributed by atoms with E-state index in [0.29, 0.717) is 13.2 Å². The summed E-state index contributed by atoms with van der Waals surface area (Å²) >= 11 is 0. The van der Waals surface area contributed by atoms with Gasteiger partial charge in [-0.2, -0.15) is 0 Å². The van der Waals surface area contributed by atoms with E-state index in [1.807, 2.05) is 54.7 Å². The van der Waals surface area contributed by atoms with Gasteiger partial charge in [-0.1, -0.05) is 42.5 Å². The van der Waals surface area contributed by atoms with Gasteiger partial charge in [0.2, 0.25) is 0 Å². The summed E-state index contributed by atoms with van der Waals surface area (Å²) in [6, 6.07) is 20.1. The molecule has 0 saturated carbocycles. The molecule has 0 radical (unpaired) electrons. The summed E-state index contributed by atoms with van der Waals surface area (Å²) in [5.74, 6) is 0.841. The standard InChI is InChI=1S/C19H18N2O/c20-12-17-9-10-21-13-19(17)16-7-4-8-18(11-16)22-14-15-5-2-1-3-6-15/h1-11,13H,12,14,20H2. The molecule has 110 valence electrons. The number of ether oxygens (including phenoxy) is 1. The van der Waals surface area contributed by atoms with Crippen molar-refractivity contribution >= 4 is 0 Å². The fraction of sp³-hybridized carbons (Fsp3) is 0.105. The predicted octanol–water partition coefficient (Wildman–Crippen LogP) is 3.79. The third-order valence-electron chi connectivity index (χ3n) is 3.52. The second-order valence-corrected chi connectivity index (χ2v) is 5.04. The Bertz CT molecular complexity index is 741. The van der Waals surface area contributed by atoms with Gasteiger partial charge in [0.15, 0.2) is 0 Å². The van der Waals surface area contributed by atoms with E-state index in [9.17, 15) is 0 Å². The molecular formula is C19H18N2O. The van der Waals surface area contributed by atoms with Crippen LogP contribution in [0.1, 0.15) is 11.1 Å². The lowest BCUT2D eigenvalue weighted by molar-refractivity contribution is 0.306. The van der Waals surface area contributed by atoms with Crippen LogP contribution in [0, 0.1) is 0 Å². The van der Waals surface area contributed by atoms with Crippen LogP contribution >= 0.6 is 0 Å². The summed E-state index contributed by atoms with van der Waals surface area (Å²) in [5.41, 5.74) is 10.2. The maximum Gasteiger partial charge on any atom is 0.120 e. The van der Waals surface area contributed by atoms with Crippen molar-refractivity contribution < 1.29 is 4.74 Å². The van der Waals surface area contributed by atoms with Crippen molar-refractivity contribution in [2.75, 3.05) is 0 Å². The van der Waals surface area contributed by atoms with Crippen LogP contribution in [-0.4, -0.2) is 4.98 Å². The molecule has 3 heteroatoms. The third-order valence-corrected chi connectivity index (χ3v) is 3.52. The Hall–Kier alpha value is -2.65. The molecule has 0 amide bonds. The molecule has 0 unspecified atom stereocenters. The number of hydrogen-bond acceptors (Lipinski definition) is 3. The Kier molecular flexibility index (Phi) is 4.47. The highest BCUT2D eigenvalue weighted by molar-refractivity contribution is 5.67. The van der Waals surface area contributed by atoms with Crippen molar-refractivity contribution in [1.29, 1.82) is 0 Å². The summed E-state index contributed by atoms with van der Waals surface area (Å²) in [7, 11) is 0. The first kappa shape index (κ1) is 14.3. The molecule has 0 aliphatic carbocycles. The van der Waals surface area contributed by atoms with E-state index in [0.717, 1.165) is 28.0 Å². The lowest BCUT2D eigenvalue weighted by Gasteiger charge is -2.10.